The Bertz CT molecular complexity index is 401. The summed E-state index contributed by atoms with van der Waals surface area (Å²) in [5, 5.41) is 17.3. The van der Waals surface area contributed by atoms with Crippen LogP contribution in [0.1, 0.15) is 22.0 Å². The van der Waals surface area contributed by atoms with Crippen LogP contribution in [0.2, 0.25) is 0 Å². The molecule has 1 aromatic carbocycles. The van der Waals surface area contributed by atoms with Gasteiger partial charge in [-0.25, -0.2) is 13.6 Å². The van der Waals surface area contributed by atoms with E-state index in [9.17, 15) is 13.6 Å². The van der Waals surface area contributed by atoms with E-state index in [1.807, 2.05) is 0 Å². The molecule has 0 aliphatic carbocycles. The van der Waals surface area contributed by atoms with Crippen molar-refractivity contribution < 1.29 is 23.8 Å². The van der Waals surface area contributed by atoms with Crippen LogP contribution < -0.4 is 5.73 Å². The number of aliphatic hydroxyl groups is 1. The van der Waals surface area contributed by atoms with Gasteiger partial charge in [-0.2, -0.15) is 0 Å². The summed E-state index contributed by atoms with van der Waals surface area (Å²) >= 11 is 0. The number of aliphatic hydroxyl groups excluding tert-OH is 1. The van der Waals surface area contributed by atoms with E-state index in [1.54, 1.807) is 0 Å². The van der Waals surface area contributed by atoms with Crippen LogP contribution in [0.4, 0.5) is 8.78 Å². The van der Waals surface area contributed by atoms with E-state index in [0.29, 0.717) is 0 Å². The lowest BCUT2D eigenvalue weighted by molar-refractivity contribution is -0.0713. The van der Waals surface area contributed by atoms with Crippen molar-refractivity contribution in [1.29, 1.82) is 0 Å². The average molecular weight is 268 g/mol. The molecule has 0 amide bonds. The lowest BCUT2D eigenvalue weighted by atomic mass is 9.96. The number of carboxylic acid groups (broad SMARTS) is 1. The second-order valence-electron chi connectivity index (χ2n) is 3.29. The maximum atomic E-state index is 13.1. The van der Waals surface area contributed by atoms with Gasteiger partial charge in [0.1, 0.15) is 6.61 Å². The number of nitrogens with two attached hydrogens (primary N) is 1. The number of hydrogen-bond donors (Lipinski definition) is 3. The number of carboxylic acids is 1. The Morgan fingerprint density at radius 3 is 2.41 bits per heavy atom. The van der Waals surface area contributed by atoms with Gasteiger partial charge < -0.3 is 15.9 Å². The molecular formula is C10H12ClF2NO3. The molecule has 0 spiro atoms. The van der Waals surface area contributed by atoms with Crippen molar-refractivity contribution in [2.75, 3.05) is 6.61 Å². The minimum absolute atomic E-state index is 0. The molecule has 0 aliphatic rings. The highest BCUT2D eigenvalue weighted by atomic mass is 35.5. The third-order valence-electron chi connectivity index (χ3n) is 2.19. The summed E-state index contributed by atoms with van der Waals surface area (Å²) in [5.74, 6) is -4.88. The first-order valence-corrected chi connectivity index (χ1v) is 4.46. The Labute approximate surface area is 102 Å². The van der Waals surface area contributed by atoms with Crippen LogP contribution in [0.5, 0.6) is 0 Å². The number of hydrogen-bond acceptors (Lipinski definition) is 3. The SMILES string of the molecule is Cl.N[C@@H](c1ccccc1C(=O)O)C(F)(F)CO. The van der Waals surface area contributed by atoms with E-state index in [0.717, 1.165) is 0 Å². The van der Waals surface area contributed by atoms with Gasteiger partial charge in [-0.15, -0.1) is 12.4 Å². The fourth-order valence-corrected chi connectivity index (χ4v) is 1.29. The summed E-state index contributed by atoms with van der Waals surface area (Å²) in [4.78, 5) is 10.8. The lowest BCUT2D eigenvalue weighted by Crippen LogP contribution is -2.37. The number of benzene rings is 1. The molecule has 0 heterocycles. The zero-order valence-electron chi connectivity index (χ0n) is 8.64. The van der Waals surface area contributed by atoms with Crippen molar-refractivity contribution in [2.24, 2.45) is 5.73 Å². The first-order valence-electron chi connectivity index (χ1n) is 4.46. The van der Waals surface area contributed by atoms with Gasteiger partial charge in [-0.1, -0.05) is 18.2 Å². The van der Waals surface area contributed by atoms with Crippen molar-refractivity contribution in [3.63, 3.8) is 0 Å². The Hall–Kier alpha value is -1.24. The topological polar surface area (TPSA) is 83.6 Å². The van der Waals surface area contributed by atoms with Gasteiger partial charge >= 0.3 is 5.97 Å². The van der Waals surface area contributed by atoms with E-state index in [1.165, 1.54) is 24.3 Å². The minimum atomic E-state index is -3.55. The number of halogens is 3. The van der Waals surface area contributed by atoms with Gasteiger partial charge in [0.25, 0.3) is 5.92 Å². The normalized spacial score (nSPS) is 12.7. The summed E-state index contributed by atoms with van der Waals surface area (Å²) < 4.78 is 26.2. The Morgan fingerprint density at radius 1 is 1.41 bits per heavy atom. The summed E-state index contributed by atoms with van der Waals surface area (Å²) in [5.41, 5.74) is 4.76. The molecule has 17 heavy (non-hydrogen) atoms. The van der Waals surface area contributed by atoms with E-state index >= 15 is 0 Å². The Morgan fingerprint density at radius 2 is 1.94 bits per heavy atom. The number of carbonyl (C=O) groups is 1. The predicted molar refractivity (Wildman–Crippen MR) is 59.6 cm³/mol. The standard InChI is InChI=1S/C10H11F2NO3.ClH/c11-10(12,5-14)8(13)6-3-1-2-4-7(6)9(15)16;/h1-4,8,14H,5,13H2,(H,15,16);1H/t8-;/m0./s1. The monoisotopic (exact) mass is 267 g/mol. The summed E-state index contributed by atoms with van der Waals surface area (Å²) in [6.45, 7) is -1.43. The lowest BCUT2D eigenvalue weighted by Gasteiger charge is -2.22. The largest absolute Gasteiger partial charge is 0.478 e. The maximum absolute atomic E-state index is 13.1. The summed E-state index contributed by atoms with van der Waals surface area (Å²) in [6.07, 6.45) is 0. The first-order chi connectivity index (χ1) is 7.40. The van der Waals surface area contributed by atoms with E-state index in [4.69, 9.17) is 15.9 Å². The van der Waals surface area contributed by atoms with Crippen LogP contribution in [0.25, 0.3) is 0 Å². The molecule has 4 nitrogen and oxygen atoms in total. The Kier molecular flexibility index (Phi) is 5.47. The highest BCUT2D eigenvalue weighted by Gasteiger charge is 2.38. The number of alkyl halides is 2. The second-order valence-corrected chi connectivity index (χ2v) is 3.29. The molecule has 0 saturated heterocycles. The van der Waals surface area contributed by atoms with Crippen LogP contribution in [-0.2, 0) is 0 Å². The molecule has 0 unspecified atom stereocenters. The molecule has 0 aromatic heterocycles. The van der Waals surface area contributed by atoms with Crippen molar-refractivity contribution >= 4 is 18.4 Å². The quantitative estimate of drug-likeness (QED) is 0.771. The summed E-state index contributed by atoms with van der Waals surface area (Å²) in [6, 6.07) is 3.37. The third kappa shape index (κ3) is 3.36. The molecule has 96 valence electrons. The van der Waals surface area contributed by atoms with Crippen molar-refractivity contribution in [3.05, 3.63) is 35.4 Å². The fourth-order valence-electron chi connectivity index (χ4n) is 1.29. The van der Waals surface area contributed by atoms with Gasteiger partial charge in [-0.05, 0) is 11.6 Å². The molecule has 0 fully saturated rings. The molecule has 1 aromatic rings. The molecule has 7 heteroatoms. The van der Waals surface area contributed by atoms with Gasteiger partial charge in [-0.3, -0.25) is 0 Å². The predicted octanol–water partition coefficient (Wildman–Crippen LogP) is 1.43. The molecule has 1 atom stereocenters. The van der Waals surface area contributed by atoms with Crippen LogP contribution in [-0.4, -0.2) is 28.7 Å². The zero-order valence-corrected chi connectivity index (χ0v) is 9.45. The highest BCUT2D eigenvalue weighted by molar-refractivity contribution is 5.89. The average Bonchev–Trinajstić information content (AvgIpc) is 2.28. The Balaban J connectivity index is 0.00000256. The third-order valence-corrected chi connectivity index (χ3v) is 2.19. The van der Waals surface area contributed by atoms with Crippen LogP contribution in [0.3, 0.4) is 0 Å². The fraction of sp³-hybridized carbons (Fsp3) is 0.300. The number of aromatic carboxylic acids is 1. The van der Waals surface area contributed by atoms with E-state index in [-0.39, 0.29) is 23.5 Å². The van der Waals surface area contributed by atoms with E-state index < -0.39 is 24.5 Å². The maximum Gasteiger partial charge on any atom is 0.336 e. The molecule has 1 rings (SSSR count). The van der Waals surface area contributed by atoms with Crippen LogP contribution in [0, 0.1) is 0 Å². The molecular weight excluding hydrogens is 256 g/mol. The highest BCUT2D eigenvalue weighted by Crippen LogP contribution is 2.30. The van der Waals surface area contributed by atoms with Crippen LogP contribution in [0.15, 0.2) is 24.3 Å². The molecule has 0 bridgehead atoms. The molecule has 0 aliphatic heterocycles. The van der Waals surface area contributed by atoms with Crippen molar-refractivity contribution in [2.45, 2.75) is 12.0 Å². The smallest absolute Gasteiger partial charge is 0.336 e. The second kappa shape index (κ2) is 5.90. The van der Waals surface area contributed by atoms with Crippen LogP contribution >= 0.6 is 12.4 Å². The van der Waals surface area contributed by atoms with E-state index in [2.05, 4.69) is 0 Å². The molecule has 0 saturated carbocycles. The summed E-state index contributed by atoms with van der Waals surface area (Å²) in [7, 11) is 0. The van der Waals surface area contributed by atoms with Gasteiger partial charge in [0.2, 0.25) is 0 Å². The van der Waals surface area contributed by atoms with Gasteiger partial charge in [0, 0.05) is 0 Å². The minimum Gasteiger partial charge on any atom is -0.478 e. The van der Waals surface area contributed by atoms with Crippen molar-refractivity contribution in [1.82, 2.24) is 0 Å². The number of rotatable bonds is 4. The van der Waals surface area contributed by atoms with Gasteiger partial charge in [0.15, 0.2) is 0 Å². The van der Waals surface area contributed by atoms with Gasteiger partial charge in [0.05, 0.1) is 11.6 Å². The zero-order chi connectivity index (χ0) is 12.3. The molecule has 4 N–H and O–H groups in total. The van der Waals surface area contributed by atoms with Crippen molar-refractivity contribution in [3.8, 4) is 0 Å². The first kappa shape index (κ1) is 15.8. The molecule has 0 radical (unpaired) electrons.